The first-order valence-electron chi connectivity index (χ1n) is 9.25. The van der Waals surface area contributed by atoms with Gasteiger partial charge in [0.2, 0.25) is 11.8 Å². The molecule has 158 valence electrons. The van der Waals surface area contributed by atoms with Crippen LogP contribution in [0.2, 0.25) is 5.02 Å². The third-order valence-corrected chi connectivity index (χ3v) is 5.41. The molecule has 0 fully saturated rings. The summed E-state index contributed by atoms with van der Waals surface area (Å²) in [5.74, 6) is -1.30. The molecule has 1 unspecified atom stereocenters. The summed E-state index contributed by atoms with van der Waals surface area (Å²) in [6.07, 6.45) is 0.476. The molecule has 4 N–H and O–H groups in total. The number of halogens is 2. The normalized spacial score (nSPS) is 17.0. The van der Waals surface area contributed by atoms with Crippen LogP contribution in [0.3, 0.4) is 0 Å². The lowest BCUT2D eigenvalue weighted by Gasteiger charge is -2.28. The zero-order chi connectivity index (χ0) is 22.2. The van der Waals surface area contributed by atoms with Crippen LogP contribution in [0.4, 0.5) is 9.18 Å². The molecular weight excluding hydrogens is 425 g/mol. The lowest BCUT2D eigenvalue weighted by molar-refractivity contribution is 0.0122. The van der Waals surface area contributed by atoms with Gasteiger partial charge in [0.1, 0.15) is 12.4 Å². The van der Waals surface area contributed by atoms with Crippen molar-refractivity contribution in [3.8, 4) is 17.0 Å². The Morgan fingerprint density at radius 3 is 2.55 bits per heavy atom. The molecule has 0 aliphatic carbocycles. The van der Waals surface area contributed by atoms with Gasteiger partial charge in [-0.1, -0.05) is 48.0 Å². The molecule has 7 nitrogen and oxygen atoms in total. The van der Waals surface area contributed by atoms with Crippen molar-refractivity contribution in [2.75, 3.05) is 6.61 Å². The molecule has 0 bridgehead atoms. The summed E-state index contributed by atoms with van der Waals surface area (Å²) < 4.78 is 26.1. The van der Waals surface area contributed by atoms with Crippen LogP contribution < -0.4 is 16.2 Å². The van der Waals surface area contributed by atoms with E-state index < -0.39 is 23.4 Å². The van der Waals surface area contributed by atoms with E-state index in [0.717, 1.165) is 0 Å². The average molecular weight is 442 g/mol. The third-order valence-electron chi connectivity index (χ3n) is 5.12. The summed E-state index contributed by atoms with van der Waals surface area (Å²) in [7, 11) is 0. The van der Waals surface area contributed by atoms with Crippen molar-refractivity contribution >= 4 is 23.6 Å². The van der Waals surface area contributed by atoms with Crippen LogP contribution in [0.1, 0.15) is 21.5 Å². The molecule has 1 aliphatic heterocycles. The molecule has 2 heterocycles. The fraction of sp³-hybridized carbons (Fsp3) is 0.136. The van der Waals surface area contributed by atoms with Gasteiger partial charge in [-0.05, 0) is 17.7 Å². The van der Waals surface area contributed by atoms with Crippen molar-refractivity contribution in [1.82, 2.24) is 4.98 Å². The molecule has 0 saturated carbocycles. The van der Waals surface area contributed by atoms with E-state index in [-0.39, 0.29) is 40.6 Å². The summed E-state index contributed by atoms with van der Waals surface area (Å²) in [5.41, 5.74) is 10.8. The Kier molecular flexibility index (Phi) is 5.24. The molecule has 0 spiro atoms. The van der Waals surface area contributed by atoms with Crippen LogP contribution in [0, 0.1) is 5.82 Å². The predicted octanol–water partition coefficient (Wildman–Crippen LogP) is 3.57. The first-order chi connectivity index (χ1) is 14.8. The fourth-order valence-electron chi connectivity index (χ4n) is 3.78. The Labute approximate surface area is 181 Å². The summed E-state index contributed by atoms with van der Waals surface area (Å²) in [6.45, 7) is -0.209. The minimum atomic E-state index is -1.16. The van der Waals surface area contributed by atoms with Crippen LogP contribution in [0.5, 0.6) is 5.88 Å². The SMILES string of the molecule is NC(=O)OCC1(c2ccccc2)Cc2c(ncc(Cl)c2-c2c(F)cccc2C(N)=O)O1. The van der Waals surface area contributed by atoms with Crippen LogP contribution >= 0.6 is 11.6 Å². The van der Waals surface area contributed by atoms with Gasteiger partial charge in [-0.25, -0.2) is 14.2 Å². The molecule has 3 aromatic rings. The van der Waals surface area contributed by atoms with E-state index in [4.69, 9.17) is 32.5 Å². The highest BCUT2D eigenvalue weighted by molar-refractivity contribution is 6.33. The molecule has 1 aliphatic rings. The zero-order valence-corrected chi connectivity index (χ0v) is 16.9. The van der Waals surface area contributed by atoms with E-state index in [2.05, 4.69) is 4.98 Å². The van der Waals surface area contributed by atoms with E-state index in [1.165, 1.54) is 24.4 Å². The van der Waals surface area contributed by atoms with Crippen LogP contribution in [-0.4, -0.2) is 23.6 Å². The van der Waals surface area contributed by atoms with Gasteiger partial charge >= 0.3 is 6.09 Å². The summed E-state index contributed by atoms with van der Waals surface area (Å²) in [5, 5.41) is 0.120. The first kappa shape index (κ1) is 20.6. The molecule has 2 aromatic carbocycles. The second-order valence-electron chi connectivity index (χ2n) is 7.04. The van der Waals surface area contributed by atoms with Gasteiger partial charge in [-0.2, -0.15) is 0 Å². The number of benzene rings is 2. The molecule has 31 heavy (non-hydrogen) atoms. The number of fused-ring (bicyclic) bond motifs is 1. The van der Waals surface area contributed by atoms with Crippen LogP contribution in [0.15, 0.2) is 54.7 Å². The molecule has 1 atom stereocenters. The molecular formula is C22H17ClFN3O4. The van der Waals surface area contributed by atoms with E-state index >= 15 is 0 Å². The van der Waals surface area contributed by atoms with Gasteiger partial charge in [-0.3, -0.25) is 4.79 Å². The second-order valence-corrected chi connectivity index (χ2v) is 7.45. The number of nitrogens with two attached hydrogens (primary N) is 2. The van der Waals surface area contributed by atoms with Gasteiger partial charge in [-0.15, -0.1) is 0 Å². The third kappa shape index (κ3) is 3.66. The number of nitrogens with zero attached hydrogens (tertiary/aromatic N) is 1. The van der Waals surface area contributed by atoms with E-state index in [1.54, 1.807) is 24.3 Å². The Balaban J connectivity index is 1.90. The minimum Gasteiger partial charge on any atom is -0.462 e. The van der Waals surface area contributed by atoms with Crippen molar-refractivity contribution < 1.29 is 23.5 Å². The standard InChI is InChI=1S/C22H17ClFN3O4/c23-15-10-27-20-14(17(15)18-13(19(25)28)7-4-8-16(18)24)9-22(31-20,11-30-21(26)29)12-5-2-1-3-6-12/h1-8,10H,9,11H2,(H2,25,28)(H2,26,29). The molecule has 4 rings (SSSR count). The second kappa shape index (κ2) is 7.88. The number of hydrogen-bond acceptors (Lipinski definition) is 5. The Bertz CT molecular complexity index is 1190. The summed E-state index contributed by atoms with van der Waals surface area (Å²) in [4.78, 5) is 27.5. The quantitative estimate of drug-likeness (QED) is 0.627. The Morgan fingerprint density at radius 2 is 1.87 bits per heavy atom. The maximum Gasteiger partial charge on any atom is 0.404 e. The Hall–Kier alpha value is -3.65. The molecule has 9 heteroatoms. The lowest BCUT2D eigenvalue weighted by atomic mass is 9.86. The predicted molar refractivity (Wildman–Crippen MR) is 111 cm³/mol. The van der Waals surface area contributed by atoms with Gasteiger partial charge in [0.25, 0.3) is 0 Å². The number of hydrogen-bond donors (Lipinski definition) is 2. The van der Waals surface area contributed by atoms with Crippen LogP contribution in [0.25, 0.3) is 11.1 Å². The first-order valence-corrected chi connectivity index (χ1v) is 9.63. The number of rotatable bonds is 5. The molecule has 1 aromatic heterocycles. The topological polar surface area (TPSA) is 118 Å². The minimum absolute atomic E-state index is 0.0269. The number of pyridine rings is 1. The van der Waals surface area contributed by atoms with E-state index in [0.29, 0.717) is 11.1 Å². The summed E-state index contributed by atoms with van der Waals surface area (Å²) >= 11 is 6.42. The van der Waals surface area contributed by atoms with Gasteiger partial charge < -0.3 is 20.9 Å². The highest BCUT2D eigenvalue weighted by Crippen LogP contribution is 2.47. The van der Waals surface area contributed by atoms with Crippen molar-refractivity contribution in [1.29, 1.82) is 0 Å². The number of carbonyl (C=O) groups is 2. The average Bonchev–Trinajstić information content (AvgIpc) is 3.13. The lowest BCUT2D eigenvalue weighted by Crippen LogP contribution is -2.38. The number of aromatic nitrogens is 1. The highest BCUT2D eigenvalue weighted by atomic mass is 35.5. The number of amides is 2. The number of carbonyl (C=O) groups excluding carboxylic acids is 2. The smallest absolute Gasteiger partial charge is 0.404 e. The van der Waals surface area contributed by atoms with Crippen LogP contribution in [-0.2, 0) is 16.8 Å². The number of primary amides is 2. The molecule has 0 saturated heterocycles. The maximum absolute atomic E-state index is 14.9. The largest absolute Gasteiger partial charge is 0.462 e. The van der Waals surface area contributed by atoms with Crippen molar-refractivity contribution in [3.63, 3.8) is 0 Å². The van der Waals surface area contributed by atoms with E-state index in [1.807, 2.05) is 6.07 Å². The number of ether oxygens (including phenoxy) is 2. The van der Waals surface area contributed by atoms with Gasteiger partial charge in [0.05, 0.1) is 11.2 Å². The van der Waals surface area contributed by atoms with E-state index in [9.17, 15) is 14.0 Å². The highest BCUT2D eigenvalue weighted by Gasteiger charge is 2.45. The monoisotopic (exact) mass is 441 g/mol. The summed E-state index contributed by atoms with van der Waals surface area (Å²) in [6, 6.07) is 13.0. The van der Waals surface area contributed by atoms with Gasteiger partial charge in [0.15, 0.2) is 5.60 Å². The molecule has 2 amide bonds. The van der Waals surface area contributed by atoms with Crippen molar-refractivity contribution in [2.45, 2.75) is 12.0 Å². The zero-order valence-electron chi connectivity index (χ0n) is 16.1. The molecule has 0 radical (unpaired) electrons. The maximum atomic E-state index is 14.9. The van der Waals surface area contributed by atoms with Gasteiger partial charge in [0, 0.05) is 28.7 Å². The van der Waals surface area contributed by atoms with Crippen molar-refractivity contribution in [3.05, 3.63) is 82.3 Å². The fourth-order valence-corrected chi connectivity index (χ4v) is 4.03. The van der Waals surface area contributed by atoms with Crippen molar-refractivity contribution in [2.24, 2.45) is 11.5 Å². The Morgan fingerprint density at radius 1 is 1.13 bits per heavy atom.